The number of hydroxylamine groups is 1. The molecule has 7 heteroatoms. The molecule has 1 saturated heterocycles. The standard InChI is InChI=1S/C16H20N2O5/c1-2-3-9-22-16(21)13-12(14(19)17-13)15(20)18-23-10-11-7-5-4-6-8-11/h4-8,12-13H,2-3,9-10H2,1H3,(H,17,19)(H,18,20). The SMILES string of the molecule is CCCCOC(=O)C1NC(=O)C1C(=O)NOCc1ccccc1. The number of rotatable bonds is 8. The van der Waals surface area contributed by atoms with Crippen molar-refractivity contribution < 1.29 is 24.0 Å². The zero-order valence-electron chi connectivity index (χ0n) is 12.9. The van der Waals surface area contributed by atoms with E-state index in [4.69, 9.17) is 9.57 Å². The molecule has 1 aliphatic heterocycles. The van der Waals surface area contributed by atoms with Crippen LogP contribution >= 0.6 is 0 Å². The van der Waals surface area contributed by atoms with Gasteiger partial charge < -0.3 is 10.1 Å². The minimum atomic E-state index is -1.11. The molecule has 2 N–H and O–H groups in total. The zero-order chi connectivity index (χ0) is 16.7. The summed E-state index contributed by atoms with van der Waals surface area (Å²) < 4.78 is 5.01. The number of unbranched alkanes of at least 4 members (excludes halogenated alkanes) is 1. The van der Waals surface area contributed by atoms with E-state index in [-0.39, 0.29) is 13.2 Å². The van der Waals surface area contributed by atoms with E-state index in [0.29, 0.717) is 0 Å². The Bertz CT molecular complexity index is 561. The van der Waals surface area contributed by atoms with Gasteiger partial charge in [0.15, 0.2) is 0 Å². The molecule has 2 unspecified atom stereocenters. The van der Waals surface area contributed by atoms with E-state index in [1.807, 2.05) is 37.3 Å². The Morgan fingerprint density at radius 3 is 2.65 bits per heavy atom. The summed E-state index contributed by atoms with van der Waals surface area (Å²) in [5.41, 5.74) is 3.08. The summed E-state index contributed by atoms with van der Waals surface area (Å²) in [5, 5.41) is 2.38. The molecule has 1 aromatic rings. The van der Waals surface area contributed by atoms with Crippen molar-refractivity contribution in [1.82, 2.24) is 10.8 Å². The Hall–Kier alpha value is -2.41. The third kappa shape index (κ3) is 4.53. The van der Waals surface area contributed by atoms with Gasteiger partial charge in [0.1, 0.15) is 12.0 Å². The molecule has 0 spiro atoms. The second-order valence-electron chi connectivity index (χ2n) is 5.23. The number of carbonyl (C=O) groups is 3. The summed E-state index contributed by atoms with van der Waals surface area (Å²) in [7, 11) is 0. The molecule has 1 aliphatic rings. The molecule has 2 atom stereocenters. The summed E-state index contributed by atoms with van der Waals surface area (Å²) >= 11 is 0. The van der Waals surface area contributed by atoms with E-state index in [9.17, 15) is 14.4 Å². The van der Waals surface area contributed by atoms with Gasteiger partial charge >= 0.3 is 5.97 Å². The number of β-lactam (4-membered cyclic amide) rings is 1. The predicted octanol–water partition coefficient (Wildman–Crippen LogP) is 0.692. The average Bonchev–Trinajstić information content (AvgIpc) is 2.53. The molecule has 1 heterocycles. The zero-order valence-corrected chi connectivity index (χ0v) is 12.9. The van der Waals surface area contributed by atoms with Gasteiger partial charge in [0.25, 0.3) is 5.91 Å². The summed E-state index contributed by atoms with van der Waals surface area (Å²) in [4.78, 5) is 40.4. The monoisotopic (exact) mass is 320 g/mol. The molecule has 23 heavy (non-hydrogen) atoms. The largest absolute Gasteiger partial charge is 0.464 e. The first kappa shape index (κ1) is 17.0. The molecule has 0 aliphatic carbocycles. The molecule has 0 saturated carbocycles. The van der Waals surface area contributed by atoms with Crippen LogP contribution in [0.3, 0.4) is 0 Å². The maximum Gasteiger partial charge on any atom is 0.330 e. The van der Waals surface area contributed by atoms with Gasteiger partial charge in [0, 0.05) is 0 Å². The van der Waals surface area contributed by atoms with Crippen LogP contribution in [0.15, 0.2) is 30.3 Å². The number of benzene rings is 1. The fourth-order valence-corrected chi connectivity index (χ4v) is 2.08. The summed E-state index contributed by atoms with van der Waals surface area (Å²) in [6.45, 7) is 2.42. The highest BCUT2D eigenvalue weighted by Crippen LogP contribution is 2.17. The van der Waals surface area contributed by atoms with E-state index in [1.165, 1.54) is 0 Å². The second-order valence-corrected chi connectivity index (χ2v) is 5.23. The lowest BCUT2D eigenvalue weighted by atomic mass is 9.90. The van der Waals surface area contributed by atoms with Gasteiger partial charge in [-0.2, -0.15) is 0 Å². The molecular formula is C16H20N2O5. The minimum absolute atomic E-state index is 0.173. The lowest BCUT2D eigenvalue weighted by Crippen LogP contribution is -2.66. The van der Waals surface area contributed by atoms with Crippen LogP contribution < -0.4 is 10.8 Å². The number of hydrogen-bond acceptors (Lipinski definition) is 5. The third-order valence-corrected chi connectivity index (χ3v) is 3.45. The van der Waals surface area contributed by atoms with Crippen LogP contribution in [-0.4, -0.2) is 30.4 Å². The molecular weight excluding hydrogens is 300 g/mol. The highest BCUT2D eigenvalue weighted by Gasteiger charge is 2.50. The number of esters is 1. The molecule has 1 fully saturated rings. The van der Waals surface area contributed by atoms with E-state index in [2.05, 4.69) is 10.8 Å². The average molecular weight is 320 g/mol. The van der Waals surface area contributed by atoms with Crippen molar-refractivity contribution in [3.8, 4) is 0 Å². The van der Waals surface area contributed by atoms with Crippen LogP contribution in [0.5, 0.6) is 0 Å². The first-order chi connectivity index (χ1) is 11.1. The van der Waals surface area contributed by atoms with E-state index >= 15 is 0 Å². The highest BCUT2D eigenvalue weighted by molar-refractivity contribution is 6.11. The van der Waals surface area contributed by atoms with Crippen molar-refractivity contribution in [2.45, 2.75) is 32.4 Å². The number of amides is 2. The lowest BCUT2D eigenvalue weighted by Gasteiger charge is -2.33. The van der Waals surface area contributed by atoms with Crippen molar-refractivity contribution >= 4 is 17.8 Å². The van der Waals surface area contributed by atoms with Crippen molar-refractivity contribution in [3.05, 3.63) is 35.9 Å². The molecule has 124 valence electrons. The van der Waals surface area contributed by atoms with E-state index in [1.54, 1.807) is 0 Å². The van der Waals surface area contributed by atoms with Gasteiger partial charge in [0.2, 0.25) is 5.91 Å². The smallest absolute Gasteiger partial charge is 0.330 e. The van der Waals surface area contributed by atoms with Gasteiger partial charge in [-0.1, -0.05) is 43.7 Å². The first-order valence-corrected chi connectivity index (χ1v) is 7.56. The van der Waals surface area contributed by atoms with Crippen molar-refractivity contribution in [2.75, 3.05) is 6.61 Å². The van der Waals surface area contributed by atoms with Gasteiger partial charge in [-0.3, -0.25) is 14.4 Å². The second kappa shape index (κ2) is 8.28. The fraction of sp³-hybridized carbons (Fsp3) is 0.438. The van der Waals surface area contributed by atoms with Gasteiger partial charge in [-0.05, 0) is 12.0 Å². The molecule has 0 bridgehead atoms. The van der Waals surface area contributed by atoms with Crippen LogP contribution in [0.4, 0.5) is 0 Å². The van der Waals surface area contributed by atoms with Crippen LogP contribution in [-0.2, 0) is 30.6 Å². The van der Waals surface area contributed by atoms with Gasteiger partial charge in [-0.15, -0.1) is 0 Å². The molecule has 0 radical (unpaired) electrons. The Labute approximate surface area is 134 Å². The third-order valence-electron chi connectivity index (χ3n) is 3.45. The normalized spacial score (nSPS) is 19.4. The Morgan fingerprint density at radius 2 is 2.00 bits per heavy atom. The highest BCUT2D eigenvalue weighted by atomic mass is 16.7. The maximum atomic E-state index is 12.0. The van der Waals surface area contributed by atoms with Crippen molar-refractivity contribution in [1.29, 1.82) is 0 Å². The minimum Gasteiger partial charge on any atom is -0.464 e. The topological polar surface area (TPSA) is 93.7 Å². The molecule has 0 aromatic heterocycles. The van der Waals surface area contributed by atoms with E-state index in [0.717, 1.165) is 18.4 Å². The first-order valence-electron chi connectivity index (χ1n) is 7.56. The number of nitrogens with one attached hydrogen (secondary N) is 2. The summed E-state index contributed by atoms with van der Waals surface area (Å²) in [5.74, 6) is -2.87. The summed E-state index contributed by atoms with van der Waals surface area (Å²) in [6, 6.07) is 8.31. The quantitative estimate of drug-likeness (QED) is 0.242. The predicted molar refractivity (Wildman–Crippen MR) is 80.7 cm³/mol. The Morgan fingerprint density at radius 1 is 1.26 bits per heavy atom. The Balaban J connectivity index is 1.78. The van der Waals surface area contributed by atoms with Crippen LogP contribution in [0.1, 0.15) is 25.3 Å². The maximum absolute atomic E-state index is 12.0. The molecule has 1 aromatic carbocycles. The molecule has 7 nitrogen and oxygen atoms in total. The van der Waals surface area contributed by atoms with Crippen LogP contribution in [0, 0.1) is 5.92 Å². The number of carbonyl (C=O) groups excluding carboxylic acids is 3. The lowest BCUT2D eigenvalue weighted by molar-refractivity contribution is -0.165. The summed E-state index contributed by atoms with van der Waals surface area (Å²) in [6.07, 6.45) is 1.63. The van der Waals surface area contributed by atoms with E-state index < -0.39 is 29.7 Å². The number of hydrogen-bond donors (Lipinski definition) is 2. The van der Waals surface area contributed by atoms with Crippen molar-refractivity contribution in [3.63, 3.8) is 0 Å². The van der Waals surface area contributed by atoms with Gasteiger partial charge in [-0.25, -0.2) is 10.3 Å². The molecule has 2 rings (SSSR count). The number of ether oxygens (including phenoxy) is 1. The molecule has 2 amide bonds. The van der Waals surface area contributed by atoms with Gasteiger partial charge in [0.05, 0.1) is 13.2 Å². The Kier molecular flexibility index (Phi) is 6.10. The van der Waals surface area contributed by atoms with Crippen LogP contribution in [0.25, 0.3) is 0 Å². The van der Waals surface area contributed by atoms with Crippen LogP contribution in [0.2, 0.25) is 0 Å². The fourth-order valence-electron chi connectivity index (χ4n) is 2.08. The van der Waals surface area contributed by atoms with Crippen molar-refractivity contribution in [2.24, 2.45) is 5.92 Å².